The minimum Gasteiger partial charge on any atom is -0.489 e. The molecule has 0 bridgehead atoms. The molecule has 1 aliphatic heterocycles. The molecule has 0 aromatic carbocycles. The lowest BCUT2D eigenvalue weighted by molar-refractivity contribution is 0.163. The van der Waals surface area contributed by atoms with Crippen LogP contribution in [0, 0.1) is 0 Å². The van der Waals surface area contributed by atoms with E-state index in [1.807, 2.05) is 6.07 Å². The molecule has 0 radical (unpaired) electrons. The van der Waals surface area contributed by atoms with Gasteiger partial charge in [0.05, 0.1) is 0 Å². The summed E-state index contributed by atoms with van der Waals surface area (Å²) in [5.41, 5.74) is 0. The lowest BCUT2D eigenvalue weighted by Crippen LogP contribution is -2.34. The van der Waals surface area contributed by atoms with Crippen molar-refractivity contribution in [3.8, 4) is 5.75 Å². The Morgan fingerprint density at radius 1 is 1.38 bits per heavy atom. The topological polar surface area (TPSA) is 21.3 Å². The zero-order valence-corrected chi connectivity index (χ0v) is 9.00. The van der Waals surface area contributed by atoms with Crippen molar-refractivity contribution in [3.63, 3.8) is 0 Å². The third-order valence-electron chi connectivity index (χ3n) is 2.08. The van der Waals surface area contributed by atoms with Crippen LogP contribution in [0.25, 0.3) is 0 Å². The van der Waals surface area contributed by atoms with E-state index in [-0.39, 0.29) is 12.4 Å². The summed E-state index contributed by atoms with van der Waals surface area (Å²) in [4.78, 5) is 0. The Labute approximate surface area is 88.7 Å². The SMILES string of the molecule is Cl.c1cc(OC2CCNCC2)cs1. The van der Waals surface area contributed by atoms with Crippen molar-refractivity contribution in [1.82, 2.24) is 5.32 Å². The van der Waals surface area contributed by atoms with E-state index in [0.29, 0.717) is 6.10 Å². The molecule has 1 fully saturated rings. The van der Waals surface area contributed by atoms with Crippen LogP contribution in [0.3, 0.4) is 0 Å². The molecule has 0 spiro atoms. The normalized spacial score (nSPS) is 17.8. The van der Waals surface area contributed by atoms with Gasteiger partial charge in [0, 0.05) is 5.38 Å². The lowest BCUT2D eigenvalue weighted by atomic mass is 10.1. The zero-order valence-electron chi connectivity index (χ0n) is 7.36. The molecule has 2 heterocycles. The van der Waals surface area contributed by atoms with Crippen molar-refractivity contribution in [2.75, 3.05) is 13.1 Å². The van der Waals surface area contributed by atoms with Crippen molar-refractivity contribution >= 4 is 23.7 Å². The summed E-state index contributed by atoms with van der Waals surface area (Å²) in [6.45, 7) is 2.18. The van der Waals surface area contributed by atoms with Crippen LogP contribution in [0.2, 0.25) is 0 Å². The summed E-state index contributed by atoms with van der Waals surface area (Å²) < 4.78 is 5.77. The molecule has 1 aliphatic rings. The fourth-order valence-electron chi connectivity index (χ4n) is 1.42. The van der Waals surface area contributed by atoms with E-state index in [0.717, 1.165) is 31.7 Å². The van der Waals surface area contributed by atoms with Crippen LogP contribution in [0.5, 0.6) is 5.75 Å². The molecule has 2 nitrogen and oxygen atoms in total. The molecule has 0 amide bonds. The summed E-state index contributed by atoms with van der Waals surface area (Å²) >= 11 is 1.69. The molecular weight excluding hydrogens is 206 g/mol. The largest absolute Gasteiger partial charge is 0.489 e. The maximum Gasteiger partial charge on any atom is 0.130 e. The number of hydrogen-bond donors (Lipinski definition) is 1. The Morgan fingerprint density at radius 2 is 2.15 bits per heavy atom. The van der Waals surface area contributed by atoms with E-state index in [4.69, 9.17) is 4.74 Å². The van der Waals surface area contributed by atoms with Gasteiger partial charge in [-0.2, -0.15) is 0 Å². The molecule has 1 saturated heterocycles. The van der Waals surface area contributed by atoms with E-state index < -0.39 is 0 Å². The highest BCUT2D eigenvalue weighted by molar-refractivity contribution is 7.08. The fraction of sp³-hybridized carbons (Fsp3) is 0.556. The first-order chi connectivity index (χ1) is 5.95. The fourth-order valence-corrected chi connectivity index (χ4v) is 1.98. The minimum atomic E-state index is 0. The molecule has 2 rings (SSSR count). The number of thiophene rings is 1. The van der Waals surface area contributed by atoms with Gasteiger partial charge in [-0.05, 0) is 37.4 Å². The Hall–Kier alpha value is -0.250. The summed E-state index contributed by atoms with van der Waals surface area (Å²) in [6, 6.07) is 2.03. The van der Waals surface area contributed by atoms with E-state index in [1.165, 1.54) is 0 Å². The van der Waals surface area contributed by atoms with Crippen molar-refractivity contribution < 1.29 is 4.74 Å². The van der Waals surface area contributed by atoms with Crippen LogP contribution in [0.1, 0.15) is 12.8 Å². The zero-order chi connectivity index (χ0) is 8.23. The van der Waals surface area contributed by atoms with Gasteiger partial charge in [-0.15, -0.1) is 23.7 Å². The van der Waals surface area contributed by atoms with Gasteiger partial charge >= 0.3 is 0 Å². The molecule has 1 aromatic heterocycles. The van der Waals surface area contributed by atoms with Crippen LogP contribution >= 0.6 is 23.7 Å². The van der Waals surface area contributed by atoms with Crippen LogP contribution < -0.4 is 10.1 Å². The monoisotopic (exact) mass is 219 g/mol. The minimum absolute atomic E-state index is 0. The first kappa shape index (κ1) is 10.8. The molecule has 74 valence electrons. The van der Waals surface area contributed by atoms with E-state index in [1.54, 1.807) is 11.3 Å². The van der Waals surface area contributed by atoms with Gasteiger partial charge in [-0.25, -0.2) is 0 Å². The van der Waals surface area contributed by atoms with Crippen LogP contribution in [-0.2, 0) is 0 Å². The second-order valence-corrected chi connectivity index (χ2v) is 3.81. The van der Waals surface area contributed by atoms with Gasteiger partial charge in [-0.3, -0.25) is 0 Å². The third-order valence-corrected chi connectivity index (χ3v) is 2.75. The number of piperidine rings is 1. The molecule has 1 aromatic rings. The average molecular weight is 220 g/mol. The van der Waals surface area contributed by atoms with Crippen molar-refractivity contribution in [2.24, 2.45) is 0 Å². The van der Waals surface area contributed by atoms with E-state index in [2.05, 4.69) is 16.1 Å². The number of rotatable bonds is 2. The number of ether oxygens (including phenoxy) is 1. The van der Waals surface area contributed by atoms with Crippen LogP contribution in [-0.4, -0.2) is 19.2 Å². The third kappa shape index (κ3) is 3.18. The highest BCUT2D eigenvalue weighted by atomic mass is 35.5. The summed E-state index contributed by atoms with van der Waals surface area (Å²) in [7, 11) is 0. The second kappa shape index (κ2) is 5.47. The maximum atomic E-state index is 5.77. The average Bonchev–Trinajstić information content (AvgIpc) is 2.59. The standard InChI is InChI=1S/C9H13NOS.ClH/c1-4-10-5-2-8(1)11-9-3-6-12-7-9;/h3,6-8,10H,1-2,4-5H2;1H. The molecule has 0 saturated carbocycles. The lowest BCUT2D eigenvalue weighted by Gasteiger charge is -2.23. The predicted octanol–water partition coefficient (Wildman–Crippen LogP) is 2.30. The van der Waals surface area contributed by atoms with Crippen molar-refractivity contribution in [2.45, 2.75) is 18.9 Å². The number of halogens is 1. The quantitative estimate of drug-likeness (QED) is 0.824. The molecule has 0 atom stereocenters. The van der Waals surface area contributed by atoms with E-state index in [9.17, 15) is 0 Å². The summed E-state index contributed by atoms with van der Waals surface area (Å²) in [6.07, 6.45) is 2.70. The molecule has 0 unspecified atom stereocenters. The predicted molar refractivity (Wildman–Crippen MR) is 58.1 cm³/mol. The first-order valence-corrected chi connectivity index (χ1v) is 5.29. The maximum absolute atomic E-state index is 5.77. The summed E-state index contributed by atoms with van der Waals surface area (Å²) in [5.74, 6) is 1.03. The number of hydrogen-bond acceptors (Lipinski definition) is 3. The van der Waals surface area contributed by atoms with Gasteiger partial charge in [-0.1, -0.05) is 0 Å². The second-order valence-electron chi connectivity index (χ2n) is 3.03. The molecule has 4 heteroatoms. The van der Waals surface area contributed by atoms with Gasteiger partial charge in [0.2, 0.25) is 0 Å². The first-order valence-electron chi connectivity index (χ1n) is 4.35. The van der Waals surface area contributed by atoms with Crippen molar-refractivity contribution in [3.05, 3.63) is 16.8 Å². The molecular formula is C9H14ClNOS. The Morgan fingerprint density at radius 3 is 2.77 bits per heavy atom. The van der Waals surface area contributed by atoms with Crippen LogP contribution in [0.15, 0.2) is 16.8 Å². The molecule has 0 aliphatic carbocycles. The smallest absolute Gasteiger partial charge is 0.130 e. The molecule has 13 heavy (non-hydrogen) atoms. The Balaban J connectivity index is 0.000000845. The highest BCUT2D eigenvalue weighted by Gasteiger charge is 2.13. The summed E-state index contributed by atoms with van der Waals surface area (Å²) in [5, 5.41) is 7.43. The van der Waals surface area contributed by atoms with E-state index >= 15 is 0 Å². The van der Waals surface area contributed by atoms with Gasteiger partial charge in [0.25, 0.3) is 0 Å². The highest BCUT2D eigenvalue weighted by Crippen LogP contribution is 2.19. The number of nitrogens with one attached hydrogen (secondary N) is 1. The Kier molecular flexibility index (Phi) is 4.56. The van der Waals surface area contributed by atoms with Gasteiger partial charge < -0.3 is 10.1 Å². The van der Waals surface area contributed by atoms with Gasteiger partial charge in [0.1, 0.15) is 11.9 Å². The van der Waals surface area contributed by atoms with Gasteiger partial charge in [0.15, 0.2) is 0 Å². The van der Waals surface area contributed by atoms with Crippen LogP contribution in [0.4, 0.5) is 0 Å². The molecule has 1 N–H and O–H groups in total. The Bertz CT molecular complexity index is 222. The van der Waals surface area contributed by atoms with Crippen molar-refractivity contribution in [1.29, 1.82) is 0 Å².